The minimum atomic E-state index is -0.544. The fraction of sp³-hybridized carbons (Fsp3) is 0.533. The number of ether oxygens (including phenoxy) is 1. The van der Waals surface area contributed by atoms with E-state index in [9.17, 15) is 9.18 Å². The lowest BCUT2D eigenvalue weighted by Crippen LogP contribution is -2.36. The quantitative estimate of drug-likeness (QED) is 0.860. The summed E-state index contributed by atoms with van der Waals surface area (Å²) in [6, 6.07) is 6.28. The number of hydrogen-bond acceptors (Lipinski definition) is 3. The number of nitrogens with two attached hydrogens (primary N) is 1. The summed E-state index contributed by atoms with van der Waals surface area (Å²) in [5.74, 6) is -0.470. The van der Waals surface area contributed by atoms with Gasteiger partial charge in [0.1, 0.15) is 11.4 Å². The van der Waals surface area contributed by atoms with Gasteiger partial charge in [0.05, 0.1) is 0 Å². The van der Waals surface area contributed by atoms with Gasteiger partial charge in [-0.15, -0.1) is 0 Å². The van der Waals surface area contributed by atoms with Crippen LogP contribution in [0.15, 0.2) is 24.3 Å². The predicted molar refractivity (Wildman–Crippen MR) is 74.9 cm³/mol. The number of benzene rings is 1. The van der Waals surface area contributed by atoms with Crippen LogP contribution >= 0.6 is 0 Å². The zero-order valence-electron chi connectivity index (χ0n) is 12.1. The summed E-state index contributed by atoms with van der Waals surface area (Å²) in [4.78, 5) is 13.6. The van der Waals surface area contributed by atoms with Gasteiger partial charge in [-0.05, 0) is 32.4 Å². The van der Waals surface area contributed by atoms with E-state index >= 15 is 0 Å². The lowest BCUT2D eigenvalue weighted by Gasteiger charge is -2.24. The molecule has 1 saturated heterocycles. The second-order valence-corrected chi connectivity index (χ2v) is 6.18. The number of likely N-dealkylation sites (tertiary alicyclic amines) is 1. The predicted octanol–water partition coefficient (Wildman–Crippen LogP) is 2.49. The van der Waals surface area contributed by atoms with Gasteiger partial charge in [-0.1, -0.05) is 18.2 Å². The van der Waals surface area contributed by atoms with Crippen molar-refractivity contribution in [1.82, 2.24) is 4.90 Å². The first-order chi connectivity index (χ1) is 9.28. The van der Waals surface area contributed by atoms with Gasteiger partial charge >= 0.3 is 6.09 Å². The van der Waals surface area contributed by atoms with Crippen LogP contribution in [0.4, 0.5) is 9.18 Å². The molecule has 1 aliphatic heterocycles. The topological polar surface area (TPSA) is 55.6 Å². The Balaban J connectivity index is 2.10. The van der Waals surface area contributed by atoms with Crippen molar-refractivity contribution in [3.05, 3.63) is 35.6 Å². The van der Waals surface area contributed by atoms with E-state index < -0.39 is 11.7 Å². The molecule has 4 nitrogen and oxygen atoms in total. The highest BCUT2D eigenvalue weighted by Gasteiger charge is 2.36. The van der Waals surface area contributed by atoms with Gasteiger partial charge in [0.2, 0.25) is 0 Å². The molecule has 0 saturated carbocycles. The van der Waals surface area contributed by atoms with Crippen molar-refractivity contribution < 1.29 is 13.9 Å². The van der Waals surface area contributed by atoms with Gasteiger partial charge in [0, 0.05) is 25.0 Å². The molecule has 1 heterocycles. The SMILES string of the molecule is CC(C)(C)OC(=O)N1C[C@@H](N)[C@@H](c2ccccc2F)C1. The molecule has 0 bridgehead atoms. The summed E-state index contributed by atoms with van der Waals surface area (Å²) >= 11 is 0. The van der Waals surface area contributed by atoms with Crippen molar-refractivity contribution in [3.63, 3.8) is 0 Å². The number of amides is 1. The molecule has 2 rings (SSSR count). The van der Waals surface area contributed by atoms with Crippen molar-refractivity contribution in [2.75, 3.05) is 13.1 Å². The van der Waals surface area contributed by atoms with Crippen LogP contribution < -0.4 is 5.73 Å². The maximum atomic E-state index is 13.8. The first-order valence-electron chi connectivity index (χ1n) is 6.76. The van der Waals surface area contributed by atoms with Crippen molar-refractivity contribution in [1.29, 1.82) is 0 Å². The number of nitrogens with zero attached hydrogens (tertiary/aromatic N) is 1. The van der Waals surface area contributed by atoms with Crippen LogP contribution in [0.5, 0.6) is 0 Å². The molecule has 0 radical (unpaired) electrons. The summed E-state index contributed by atoms with van der Waals surface area (Å²) in [6.45, 7) is 6.21. The zero-order valence-corrected chi connectivity index (χ0v) is 12.1. The van der Waals surface area contributed by atoms with E-state index in [1.54, 1.807) is 23.1 Å². The molecular weight excluding hydrogens is 259 g/mol. The van der Waals surface area contributed by atoms with Crippen LogP contribution in [-0.2, 0) is 4.74 Å². The van der Waals surface area contributed by atoms with Gasteiger partial charge in [-0.3, -0.25) is 0 Å². The Labute approximate surface area is 118 Å². The smallest absolute Gasteiger partial charge is 0.410 e. The Kier molecular flexibility index (Phi) is 3.99. The zero-order chi connectivity index (χ0) is 14.9. The van der Waals surface area contributed by atoms with Gasteiger partial charge in [-0.2, -0.15) is 0 Å². The third-order valence-corrected chi connectivity index (χ3v) is 3.32. The largest absolute Gasteiger partial charge is 0.444 e. The van der Waals surface area contributed by atoms with E-state index in [0.29, 0.717) is 18.7 Å². The van der Waals surface area contributed by atoms with Crippen LogP contribution in [0, 0.1) is 5.82 Å². The van der Waals surface area contributed by atoms with Crippen molar-refractivity contribution in [3.8, 4) is 0 Å². The first-order valence-corrected chi connectivity index (χ1v) is 6.76. The summed E-state index contributed by atoms with van der Waals surface area (Å²) in [5, 5.41) is 0. The first kappa shape index (κ1) is 14.8. The van der Waals surface area contributed by atoms with Gasteiger partial charge in [0.15, 0.2) is 0 Å². The van der Waals surface area contributed by atoms with Crippen LogP contribution in [0.1, 0.15) is 32.3 Å². The van der Waals surface area contributed by atoms with E-state index in [2.05, 4.69) is 0 Å². The van der Waals surface area contributed by atoms with E-state index in [-0.39, 0.29) is 17.8 Å². The van der Waals surface area contributed by atoms with Gasteiger partial charge < -0.3 is 15.4 Å². The second kappa shape index (κ2) is 5.40. The Hall–Kier alpha value is -1.62. The molecule has 0 unspecified atom stereocenters. The summed E-state index contributed by atoms with van der Waals surface area (Å²) in [5.41, 5.74) is 6.07. The summed E-state index contributed by atoms with van der Waals surface area (Å²) < 4.78 is 19.1. The molecule has 1 aromatic rings. The van der Waals surface area contributed by atoms with Crippen LogP contribution in [0.3, 0.4) is 0 Å². The highest BCUT2D eigenvalue weighted by atomic mass is 19.1. The normalized spacial score (nSPS) is 22.9. The summed E-state index contributed by atoms with van der Waals surface area (Å²) in [7, 11) is 0. The monoisotopic (exact) mass is 280 g/mol. The van der Waals surface area contributed by atoms with E-state index in [4.69, 9.17) is 10.5 Å². The van der Waals surface area contributed by atoms with Crippen molar-refractivity contribution >= 4 is 6.09 Å². The fourth-order valence-electron chi connectivity index (χ4n) is 2.41. The number of halogens is 1. The lowest BCUT2D eigenvalue weighted by molar-refractivity contribution is 0.0290. The Morgan fingerprint density at radius 2 is 2.00 bits per heavy atom. The minimum Gasteiger partial charge on any atom is -0.444 e. The molecule has 2 N–H and O–H groups in total. The lowest BCUT2D eigenvalue weighted by atomic mass is 9.94. The van der Waals surface area contributed by atoms with Crippen molar-refractivity contribution in [2.24, 2.45) is 5.73 Å². The number of rotatable bonds is 1. The molecule has 0 spiro atoms. The highest BCUT2D eigenvalue weighted by Crippen LogP contribution is 2.29. The maximum Gasteiger partial charge on any atom is 0.410 e. The average Bonchev–Trinajstić information content (AvgIpc) is 2.70. The fourth-order valence-corrected chi connectivity index (χ4v) is 2.41. The van der Waals surface area contributed by atoms with Gasteiger partial charge in [0.25, 0.3) is 0 Å². The maximum absolute atomic E-state index is 13.8. The number of carbonyl (C=O) groups is 1. The third-order valence-electron chi connectivity index (χ3n) is 3.32. The van der Waals surface area contributed by atoms with Gasteiger partial charge in [-0.25, -0.2) is 9.18 Å². The highest BCUT2D eigenvalue weighted by molar-refractivity contribution is 5.69. The molecule has 1 amide bonds. The molecular formula is C15H21FN2O2. The second-order valence-electron chi connectivity index (χ2n) is 6.18. The molecule has 1 fully saturated rings. The van der Waals surface area contributed by atoms with Crippen LogP contribution in [0.2, 0.25) is 0 Å². The Morgan fingerprint density at radius 3 is 2.60 bits per heavy atom. The molecule has 110 valence electrons. The van der Waals surface area contributed by atoms with Crippen LogP contribution in [-0.4, -0.2) is 35.7 Å². The van der Waals surface area contributed by atoms with E-state index in [1.165, 1.54) is 6.07 Å². The standard InChI is InChI=1S/C15H21FN2O2/c1-15(2,3)20-14(19)18-8-11(13(17)9-18)10-6-4-5-7-12(10)16/h4-7,11,13H,8-9,17H2,1-3H3/t11-,13-/m1/s1. The Bertz CT molecular complexity index is 499. The third kappa shape index (κ3) is 3.28. The summed E-state index contributed by atoms with van der Waals surface area (Å²) in [6.07, 6.45) is -0.396. The molecule has 0 aliphatic carbocycles. The molecule has 5 heteroatoms. The van der Waals surface area contributed by atoms with E-state index in [0.717, 1.165) is 0 Å². The van der Waals surface area contributed by atoms with E-state index in [1.807, 2.05) is 20.8 Å². The molecule has 1 aromatic carbocycles. The molecule has 2 atom stereocenters. The van der Waals surface area contributed by atoms with Crippen molar-refractivity contribution in [2.45, 2.75) is 38.3 Å². The minimum absolute atomic E-state index is 0.191. The molecule has 20 heavy (non-hydrogen) atoms. The molecule has 0 aromatic heterocycles. The number of carbonyl (C=O) groups excluding carboxylic acids is 1. The molecule has 1 aliphatic rings. The Morgan fingerprint density at radius 1 is 1.35 bits per heavy atom. The number of hydrogen-bond donors (Lipinski definition) is 1. The van der Waals surface area contributed by atoms with Crippen LogP contribution in [0.25, 0.3) is 0 Å². The average molecular weight is 280 g/mol.